The molecule has 0 saturated heterocycles. The molecule has 0 fully saturated rings. The van der Waals surface area contributed by atoms with Crippen molar-refractivity contribution in [1.29, 1.82) is 0 Å². The van der Waals surface area contributed by atoms with Gasteiger partial charge in [-0.15, -0.1) is 10.2 Å². The molecule has 0 radical (unpaired) electrons. The van der Waals surface area contributed by atoms with Crippen LogP contribution in [-0.4, -0.2) is 15.1 Å². The monoisotopic (exact) mass is 316 g/mol. The largest absolute Gasteiger partial charge is 0.330 e. The second kappa shape index (κ2) is 5.86. The molecular weight excluding hydrogens is 307 g/mol. The van der Waals surface area contributed by atoms with E-state index >= 15 is 0 Å². The summed E-state index contributed by atoms with van der Waals surface area (Å²) in [4.78, 5) is 10.2. The second-order valence-corrected chi connectivity index (χ2v) is 5.33. The Morgan fingerprint density at radius 2 is 1.73 bits per heavy atom. The van der Waals surface area contributed by atoms with Gasteiger partial charge >= 0.3 is 0 Å². The number of nitro groups is 1. The molecular formula is C14H9FN4O2S. The van der Waals surface area contributed by atoms with E-state index in [9.17, 15) is 14.5 Å². The van der Waals surface area contributed by atoms with E-state index in [1.807, 2.05) is 0 Å². The Kier molecular flexibility index (Phi) is 3.75. The molecule has 0 bridgehead atoms. The average Bonchev–Trinajstić information content (AvgIpc) is 2.98. The van der Waals surface area contributed by atoms with Crippen LogP contribution in [0.25, 0.3) is 10.6 Å². The van der Waals surface area contributed by atoms with E-state index in [-0.39, 0.29) is 11.5 Å². The lowest BCUT2D eigenvalue weighted by Crippen LogP contribution is -1.89. The maximum absolute atomic E-state index is 12.8. The van der Waals surface area contributed by atoms with E-state index in [1.54, 1.807) is 24.3 Å². The number of aromatic nitrogens is 2. The van der Waals surface area contributed by atoms with E-state index in [0.29, 0.717) is 15.8 Å². The first-order valence-electron chi connectivity index (χ1n) is 6.23. The highest BCUT2D eigenvalue weighted by atomic mass is 32.1. The fourth-order valence-electron chi connectivity index (χ4n) is 1.77. The molecule has 8 heteroatoms. The molecule has 110 valence electrons. The molecule has 3 aromatic rings. The molecule has 0 aliphatic carbocycles. The smallest absolute Gasteiger partial charge is 0.269 e. The van der Waals surface area contributed by atoms with Gasteiger partial charge in [0.2, 0.25) is 5.13 Å². The maximum Gasteiger partial charge on any atom is 0.269 e. The summed E-state index contributed by atoms with van der Waals surface area (Å²) in [7, 11) is 0. The van der Waals surface area contributed by atoms with Gasteiger partial charge in [0.15, 0.2) is 0 Å². The van der Waals surface area contributed by atoms with Gasteiger partial charge in [-0.1, -0.05) is 11.3 Å². The van der Waals surface area contributed by atoms with Crippen molar-refractivity contribution < 1.29 is 9.31 Å². The van der Waals surface area contributed by atoms with Gasteiger partial charge in [0.25, 0.3) is 5.69 Å². The van der Waals surface area contributed by atoms with Crippen molar-refractivity contribution in [2.75, 3.05) is 5.32 Å². The average molecular weight is 316 g/mol. The zero-order valence-corrected chi connectivity index (χ0v) is 11.9. The van der Waals surface area contributed by atoms with Crippen molar-refractivity contribution in [3.63, 3.8) is 0 Å². The minimum absolute atomic E-state index is 0.0259. The van der Waals surface area contributed by atoms with Crippen LogP contribution in [0.1, 0.15) is 0 Å². The van der Waals surface area contributed by atoms with Gasteiger partial charge in [0.05, 0.1) is 4.92 Å². The van der Waals surface area contributed by atoms with E-state index in [4.69, 9.17) is 0 Å². The van der Waals surface area contributed by atoms with E-state index < -0.39 is 4.92 Å². The number of nitro benzene ring substituents is 1. The molecule has 1 heterocycles. The van der Waals surface area contributed by atoms with Gasteiger partial charge in [-0.25, -0.2) is 4.39 Å². The molecule has 22 heavy (non-hydrogen) atoms. The number of halogens is 1. The summed E-state index contributed by atoms with van der Waals surface area (Å²) >= 11 is 1.30. The summed E-state index contributed by atoms with van der Waals surface area (Å²) in [5, 5.41) is 22.9. The van der Waals surface area contributed by atoms with Crippen LogP contribution in [-0.2, 0) is 0 Å². The van der Waals surface area contributed by atoms with E-state index in [2.05, 4.69) is 15.5 Å². The Hall–Kier alpha value is -2.87. The van der Waals surface area contributed by atoms with Crippen LogP contribution in [0.15, 0.2) is 48.5 Å². The quantitative estimate of drug-likeness (QED) is 0.581. The first-order valence-corrected chi connectivity index (χ1v) is 7.04. The number of nitrogens with zero attached hydrogens (tertiary/aromatic N) is 3. The Morgan fingerprint density at radius 1 is 1.05 bits per heavy atom. The fraction of sp³-hybridized carbons (Fsp3) is 0. The van der Waals surface area contributed by atoms with Crippen LogP contribution in [0.5, 0.6) is 0 Å². The molecule has 1 N–H and O–H groups in total. The lowest BCUT2D eigenvalue weighted by Gasteiger charge is -2.00. The highest BCUT2D eigenvalue weighted by Crippen LogP contribution is 2.29. The number of non-ortho nitro benzene ring substituents is 1. The minimum atomic E-state index is -0.453. The van der Waals surface area contributed by atoms with Crippen LogP contribution in [0, 0.1) is 15.9 Å². The van der Waals surface area contributed by atoms with Crippen molar-refractivity contribution in [3.8, 4) is 10.6 Å². The molecule has 0 spiro atoms. The first kappa shape index (κ1) is 14.1. The summed E-state index contributed by atoms with van der Waals surface area (Å²) in [6.45, 7) is 0. The lowest BCUT2D eigenvalue weighted by atomic mass is 10.2. The summed E-state index contributed by atoms with van der Waals surface area (Å²) < 4.78 is 12.8. The summed E-state index contributed by atoms with van der Waals surface area (Å²) in [5.74, 6) is -0.311. The van der Waals surface area contributed by atoms with Gasteiger partial charge in [0, 0.05) is 23.4 Å². The molecule has 0 saturated carbocycles. The molecule has 2 aromatic carbocycles. The Labute approximate surface area is 128 Å². The molecule has 3 rings (SSSR count). The van der Waals surface area contributed by atoms with Crippen molar-refractivity contribution in [2.45, 2.75) is 0 Å². The number of benzene rings is 2. The summed E-state index contributed by atoms with van der Waals surface area (Å²) in [6.07, 6.45) is 0. The normalized spacial score (nSPS) is 10.4. The van der Waals surface area contributed by atoms with Crippen LogP contribution in [0.3, 0.4) is 0 Å². The topological polar surface area (TPSA) is 81.0 Å². The van der Waals surface area contributed by atoms with E-state index in [1.165, 1.54) is 35.6 Å². The van der Waals surface area contributed by atoms with Gasteiger partial charge in [-0.3, -0.25) is 10.1 Å². The number of anilines is 2. The van der Waals surface area contributed by atoms with Crippen molar-refractivity contribution >= 4 is 27.8 Å². The lowest BCUT2D eigenvalue weighted by molar-refractivity contribution is -0.384. The number of hydrogen-bond donors (Lipinski definition) is 1. The molecule has 1 aromatic heterocycles. The van der Waals surface area contributed by atoms with Crippen molar-refractivity contribution in [3.05, 3.63) is 64.5 Å². The predicted octanol–water partition coefficient (Wildman–Crippen LogP) is 4.00. The zero-order valence-electron chi connectivity index (χ0n) is 11.1. The molecule has 0 aliphatic heterocycles. The van der Waals surface area contributed by atoms with E-state index in [0.717, 1.165) is 5.56 Å². The molecule has 6 nitrogen and oxygen atoms in total. The van der Waals surface area contributed by atoms with Gasteiger partial charge in [-0.05, 0) is 36.4 Å². The summed E-state index contributed by atoms with van der Waals surface area (Å²) in [5.41, 5.74) is 1.47. The number of hydrogen-bond acceptors (Lipinski definition) is 6. The fourth-order valence-corrected chi connectivity index (χ4v) is 2.54. The highest BCUT2D eigenvalue weighted by Gasteiger charge is 2.09. The standard InChI is InChI=1S/C14H9FN4O2S/c15-10-3-5-11(6-4-10)16-14-18-17-13(22-14)9-1-7-12(8-2-9)19(20)21/h1-8H,(H,16,18). The summed E-state index contributed by atoms with van der Waals surface area (Å²) in [6, 6.07) is 12.0. The van der Waals surface area contributed by atoms with Crippen LogP contribution in [0.2, 0.25) is 0 Å². The van der Waals surface area contributed by atoms with Crippen LogP contribution >= 0.6 is 11.3 Å². The maximum atomic E-state index is 12.8. The Morgan fingerprint density at radius 3 is 2.36 bits per heavy atom. The van der Waals surface area contributed by atoms with Crippen LogP contribution in [0.4, 0.5) is 20.9 Å². The minimum Gasteiger partial charge on any atom is -0.330 e. The van der Waals surface area contributed by atoms with Gasteiger partial charge < -0.3 is 5.32 Å². The van der Waals surface area contributed by atoms with Gasteiger partial charge in [-0.2, -0.15) is 0 Å². The predicted molar refractivity (Wildman–Crippen MR) is 81.7 cm³/mol. The first-order chi connectivity index (χ1) is 10.6. The Balaban J connectivity index is 1.78. The third-order valence-corrected chi connectivity index (χ3v) is 3.73. The van der Waals surface area contributed by atoms with Crippen molar-refractivity contribution in [2.24, 2.45) is 0 Å². The van der Waals surface area contributed by atoms with Crippen molar-refractivity contribution in [1.82, 2.24) is 10.2 Å². The third kappa shape index (κ3) is 3.07. The molecule has 0 atom stereocenters. The highest BCUT2D eigenvalue weighted by molar-refractivity contribution is 7.18. The molecule has 0 unspecified atom stereocenters. The number of rotatable bonds is 4. The van der Waals surface area contributed by atoms with Gasteiger partial charge in [0.1, 0.15) is 10.8 Å². The zero-order chi connectivity index (χ0) is 15.5. The molecule has 0 aliphatic rings. The number of nitrogens with one attached hydrogen (secondary N) is 1. The third-order valence-electron chi connectivity index (χ3n) is 2.85. The Bertz CT molecular complexity index is 802. The SMILES string of the molecule is O=[N+]([O-])c1ccc(-c2nnc(Nc3ccc(F)cc3)s2)cc1. The second-order valence-electron chi connectivity index (χ2n) is 4.35. The van der Waals surface area contributed by atoms with Crippen LogP contribution < -0.4 is 5.32 Å². The molecule has 0 amide bonds.